The van der Waals surface area contributed by atoms with E-state index in [2.05, 4.69) is 21.6 Å². The van der Waals surface area contributed by atoms with E-state index in [0.29, 0.717) is 48.9 Å². The zero-order chi connectivity index (χ0) is 20.2. The lowest BCUT2D eigenvalue weighted by Crippen LogP contribution is -2.26. The van der Waals surface area contributed by atoms with Crippen LogP contribution in [-0.4, -0.2) is 43.0 Å². The van der Waals surface area contributed by atoms with E-state index in [1.165, 1.54) is 6.20 Å². The second-order valence-electron chi connectivity index (χ2n) is 6.84. The van der Waals surface area contributed by atoms with Gasteiger partial charge in [-0.05, 0) is 43.2 Å². The molecule has 1 amide bonds. The second kappa shape index (κ2) is 8.26. The fourth-order valence-electron chi connectivity index (χ4n) is 3.39. The molecule has 4 rings (SSSR count). The third-order valence-corrected chi connectivity index (χ3v) is 4.83. The first-order valence-corrected chi connectivity index (χ1v) is 9.51. The normalized spacial score (nSPS) is 12.5. The number of ether oxygens (including phenoxy) is 3. The minimum atomic E-state index is -0.185. The van der Waals surface area contributed by atoms with Crippen molar-refractivity contribution in [1.29, 1.82) is 0 Å². The topological polar surface area (TPSA) is 85.5 Å². The lowest BCUT2D eigenvalue weighted by atomic mass is 10.1. The van der Waals surface area contributed by atoms with Crippen LogP contribution in [0.25, 0.3) is 11.3 Å². The van der Waals surface area contributed by atoms with Gasteiger partial charge in [0.1, 0.15) is 19.0 Å². The molecular formula is C22H23N3O4. The Bertz CT molecular complexity index is 1030. The number of benzene rings is 2. The average Bonchev–Trinajstić information content (AvgIpc) is 3.23. The van der Waals surface area contributed by atoms with Crippen LogP contribution in [0.1, 0.15) is 21.5 Å². The number of H-pyrrole nitrogens is 1. The van der Waals surface area contributed by atoms with Gasteiger partial charge in [0.25, 0.3) is 5.91 Å². The number of rotatable bonds is 6. The number of aromatic nitrogens is 2. The summed E-state index contributed by atoms with van der Waals surface area (Å²) in [6.45, 7) is 3.57. The lowest BCUT2D eigenvalue weighted by Gasteiger charge is -2.18. The highest BCUT2D eigenvalue weighted by molar-refractivity contribution is 5.99. The maximum atomic E-state index is 12.7. The van der Waals surface area contributed by atoms with Crippen LogP contribution < -0.4 is 19.5 Å². The van der Waals surface area contributed by atoms with E-state index in [4.69, 9.17) is 14.2 Å². The molecule has 0 bridgehead atoms. The molecule has 0 aliphatic carbocycles. The molecule has 0 saturated carbocycles. The van der Waals surface area contributed by atoms with Crippen molar-refractivity contribution in [2.24, 2.45) is 0 Å². The third-order valence-electron chi connectivity index (χ3n) is 4.83. The standard InChI is InChI=1S/C22H23N3O4/c1-14-3-5-18(27-2)15(11-14)7-8-23-22(26)17-13-24-25-21(17)16-4-6-19-20(12-16)29-10-9-28-19/h3-6,11-13H,7-10H2,1-2H3,(H,23,26)(H,24,25). The highest BCUT2D eigenvalue weighted by Gasteiger charge is 2.18. The van der Waals surface area contributed by atoms with E-state index >= 15 is 0 Å². The summed E-state index contributed by atoms with van der Waals surface area (Å²) in [6, 6.07) is 11.6. The molecule has 1 aromatic heterocycles. The Morgan fingerprint density at radius 2 is 2.00 bits per heavy atom. The Hall–Kier alpha value is -3.48. The number of nitrogens with one attached hydrogen (secondary N) is 2. The van der Waals surface area contributed by atoms with Crippen molar-refractivity contribution < 1.29 is 19.0 Å². The van der Waals surface area contributed by atoms with Crippen molar-refractivity contribution in [3.63, 3.8) is 0 Å². The van der Waals surface area contributed by atoms with Crippen LogP contribution in [0.5, 0.6) is 17.2 Å². The molecule has 0 unspecified atom stereocenters. The molecule has 2 heterocycles. The number of aromatic amines is 1. The predicted molar refractivity (Wildman–Crippen MR) is 109 cm³/mol. The smallest absolute Gasteiger partial charge is 0.255 e. The van der Waals surface area contributed by atoms with Gasteiger partial charge >= 0.3 is 0 Å². The third kappa shape index (κ3) is 4.03. The summed E-state index contributed by atoms with van der Waals surface area (Å²) in [4.78, 5) is 12.7. The SMILES string of the molecule is COc1ccc(C)cc1CCNC(=O)c1cn[nH]c1-c1ccc2c(c1)OCCO2. The molecule has 150 valence electrons. The van der Waals surface area contributed by atoms with Gasteiger partial charge in [-0.1, -0.05) is 17.7 Å². The Morgan fingerprint density at radius 3 is 2.83 bits per heavy atom. The minimum absolute atomic E-state index is 0.185. The van der Waals surface area contributed by atoms with Crippen molar-refractivity contribution in [2.75, 3.05) is 26.9 Å². The molecule has 2 N–H and O–H groups in total. The lowest BCUT2D eigenvalue weighted by molar-refractivity contribution is 0.0954. The zero-order valence-electron chi connectivity index (χ0n) is 16.5. The van der Waals surface area contributed by atoms with E-state index in [1.807, 2.05) is 37.3 Å². The average molecular weight is 393 g/mol. The number of fused-ring (bicyclic) bond motifs is 1. The van der Waals surface area contributed by atoms with Gasteiger partial charge in [-0.2, -0.15) is 5.10 Å². The summed E-state index contributed by atoms with van der Waals surface area (Å²) in [7, 11) is 1.65. The summed E-state index contributed by atoms with van der Waals surface area (Å²) < 4.78 is 16.6. The molecule has 0 atom stereocenters. The molecular weight excluding hydrogens is 370 g/mol. The number of hydrogen-bond acceptors (Lipinski definition) is 5. The van der Waals surface area contributed by atoms with E-state index in [9.17, 15) is 4.79 Å². The predicted octanol–water partition coefficient (Wildman–Crippen LogP) is 3.14. The monoisotopic (exact) mass is 393 g/mol. The van der Waals surface area contributed by atoms with Crippen LogP contribution in [0.4, 0.5) is 0 Å². The van der Waals surface area contributed by atoms with E-state index in [1.54, 1.807) is 7.11 Å². The number of aryl methyl sites for hydroxylation is 1. The summed E-state index contributed by atoms with van der Waals surface area (Å²) >= 11 is 0. The van der Waals surface area contributed by atoms with Gasteiger partial charge in [0.05, 0.1) is 24.6 Å². The Kier molecular flexibility index (Phi) is 5.37. The molecule has 0 radical (unpaired) electrons. The summed E-state index contributed by atoms with van der Waals surface area (Å²) in [5.74, 6) is 2.01. The molecule has 0 spiro atoms. The van der Waals surface area contributed by atoms with Gasteiger partial charge < -0.3 is 19.5 Å². The zero-order valence-corrected chi connectivity index (χ0v) is 16.5. The molecule has 2 aromatic carbocycles. The van der Waals surface area contributed by atoms with Crippen LogP contribution in [0.3, 0.4) is 0 Å². The molecule has 1 aliphatic rings. The molecule has 0 fully saturated rings. The van der Waals surface area contributed by atoms with E-state index in [0.717, 1.165) is 22.4 Å². The Morgan fingerprint density at radius 1 is 1.17 bits per heavy atom. The van der Waals surface area contributed by atoms with Crippen molar-refractivity contribution >= 4 is 5.91 Å². The first kappa shape index (κ1) is 18.9. The second-order valence-corrected chi connectivity index (χ2v) is 6.84. The van der Waals surface area contributed by atoms with Crippen LogP contribution in [-0.2, 0) is 6.42 Å². The maximum absolute atomic E-state index is 12.7. The number of carbonyl (C=O) groups is 1. The first-order valence-electron chi connectivity index (χ1n) is 9.51. The highest BCUT2D eigenvalue weighted by Crippen LogP contribution is 2.34. The van der Waals surface area contributed by atoms with Crippen molar-refractivity contribution in [1.82, 2.24) is 15.5 Å². The van der Waals surface area contributed by atoms with Crippen LogP contribution >= 0.6 is 0 Å². The van der Waals surface area contributed by atoms with Gasteiger partial charge in [0.2, 0.25) is 0 Å². The van der Waals surface area contributed by atoms with Crippen molar-refractivity contribution in [3.8, 4) is 28.5 Å². The van der Waals surface area contributed by atoms with Crippen LogP contribution in [0, 0.1) is 6.92 Å². The first-order chi connectivity index (χ1) is 14.2. The van der Waals surface area contributed by atoms with Gasteiger partial charge in [-0.3, -0.25) is 9.89 Å². The fraction of sp³-hybridized carbons (Fsp3) is 0.273. The number of methoxy groups -OCH3 is 1. The molecule has 29 heavy (non-hydrogen) atoms. The Labute approximate surface area is 169 Å². The summed E-state index contributed by atoms with van der Waals surface area (Å²) in [5.41, 5.74) is 4.16. The minimum Gasteiger partial charge on any atom is -0.496 e. The van der Waals surface area contributed by atoms with Crippen LogP contribution in [0.2, 0.25) is 0 Å². The number of hydrogen-bond donors (Lipinski definition) is 2. The van der Waals surface area contributed by atoms with Gasteiger partial charge in [-0.15, -0.1) is 0 Å². The molecule has 7 nitrogen and oxygen atoms in total. The largest absolute Gasteiger partial charge is 0.496 e. The quantitative estimate of drug-likeness (QED) is 0.672. The molecule has 0 saturated heterocycles. The summed E-state index contributed by atoms with van der Waals surface area (Å²) in [6.07, 6.45) is 2.21. The van der Waals surface area contributed by atoms with E-state index < -0.39 is 0 Å². The Balaban J connectivity index is 1.46. The fourth-order valence-corrected chi connectivity index (χ4v) is 3.39. The number of amides is 1. The number of carbonyl (C=O) groups excluding carboxylic acids is 1. The molecule has 1 aliphatic heterocycles. The molecule has 7 heteroatoms. The number of nitrogens with zero attached hydrogens (tertiary/aromatic N) is 1. The van der Waals surface area contributed by atoms with Gasteiger partial charge in [-0.25, -0.2) is 0 Å². The van der Waals surface area contributed by atoms with Gasteiger partial charge in [0.15, 0.2) is 11.5 Å². The maximum Gasteiger partial charge on any atom is 0.255 e. The van der Waals surface area contributed by atoms with E-state index in [-0.39, 0.29) is 5.91 Å². The summed E-state index contributed by atoms with van der Waals surface area (Å²) in [5, 5.41) is 9.94. The molecule has 3 aromatic rings. The van der Waals surface area contributed by atoms with Crippen LogP contribution in [0.15, 0.2) is 42.6 Å². The highest BCUT2D eigenvalue weighted by atomic mass is 16.6. The van der Waals surface area contributed by atoms with Gasteiger partial charge in [0, 0.05) is 12.1 Å². The van der Waals surface area contributed by atoms with Crippen molar-refractivity contribution in [3.05, 3.63) is 59.3 Å². The van der Waals surface area contributed by atoms with Crippen molar-refractivity contribution in [2.45, 2.75) is 13.3 Å².